The van der Waals surface area contributed by atoms with Crippen LogP contribution in [0.1, 0.15) is 11.1 Å². The second-order valence-corrected chi connectivity index (χ2v) is 5.18. The van der Waals surface area contributed by atoms with Gasteiger partial charge in [-0.15, -0.1) is 0 Å². The number of benzene rings is 2. The third kappa shape index (κ3) is 3.24. The Morgan fingerprint density at radius 2 is 1.94 bits per heavy atom. The molecule has 0 saturated heterocycles. The fourth-order valence-electron chi connectivity index (χ4n) is 1.55. The molecule has 0 fully saturated rings. The van der Waals surface area contributed by atoms with Crippen LogP contribution in [0.25, 0.3) is 0 Å². The van der Waals surface area contributed by atoms with Crippen LogP contribution in [0.3, 0.4) is 0 Å². The zero-order valence-electron chi connectivity index (χ0n) is 9.50. The van der Waals surface area contributed by atoms with Gasteiger partial charge in [0.15, 0.2) is 0 Å². The van der Waals surface area contributed by atoms with Crippen molar-refractivity contribution in [3.8, 4) is 0 Å². The first kappa shape index (κ1) is 12.5. The van der Waals surface area contributed by atoms with Gasteiger partial charge < -0.3 is 5.32 Å². The molecule has 0 aliphatic rings. The van der Waals surface area contributed by atoms with Gasteiger partial charge in [-0.2, -0.15) is 0 Å². The Labute approximate surface area is 115 Å². The van der Waals surface area contributed by atoms with E-state index in [1.807, 2.05) is 24.3 Å². The summed E-state index contributed by atoms with van der Waals surface area (Å²) in [6.45, 7) is 2.85. The molecule has 2 aromatic carbocycles. The highest BCUT2D eigenvalue weighted by atomic mass is 79.9. The molecule has 0 radical (unpaired) electrons. The SMILES string of the molecule is Cc1ccc(CNc2ccccc2Cl)cc1Br. The minimum atomic E-state index is 0.749. The molecule has 88 valence electrons. The van der Waals surface area contributed by atoms with Crippen molar-refractivity contribution in [2.75, 3.05) is 5.32 Å². The molecule has 0 heterocycles. The van der Waals surface area contributed by atoms with Crippen molar-refractivity contribution in [2.45, 2.75) is 13.5 Å². The quantitative estimate of drug-likeness (QED) is 0.839. The monoisotopic (exact) mass is 309 g/mol. The van der Waals surface area contributed by atoms with Crippen LogP contribution < -0.4 is 5.32 Å². The molecule has 0 atom stereocenters. The maximum Gasteiger partial charge on any atom is 0.0637 e. The Hall–Kier alpha value is -0.990. The van der Waals surface area contributed by atoms with Gasteiger partial charge in [-0.25, -0.2) is 0 Å². The van der Waals surface area contributed by atoms with Gasteiger partial charge in [0.2, 0.25) is 0 Å². The van der Waals surface area contributed by atoms with E-state index in [4.69, 9.17) is 11.6 Å². The van der Waals surface area contributed by atoms with Crippen LogP contribution >= 0.6 is 27.5 Å². The molecule has 0 aliphatic carbocycles. The summed E-state index contributed by atoms with van der Waals surface area (Å²) >= 11 is 9.61. The lowest BCUT2D eigenvalue weighted by Crippen LogP contribution is -1.99. The Morgan fingerprint density at radius 1 is 1.18 bits per heavy atom. The predicted octanol–water partition coefficient (Wildman–Crippen LogP) is 5.02. The summed E-state index contributed by atoms with van der Waals surface area (Å²) in [7, 11) is 0. The minimum absolute atomic E-state index is 0.749. The average molecular weight is 311 g/mol. The molecule has 3 heteroatoms. The maximum atomic E-state index is 6.08. The predicted molar refractivity (Wildman–Crippen MR) is 77.7 cm³/mol. The van der Waals surface area contributed by atoms with Crippen LogP contribution in [0.15, 0.2) is 46.9 Å². The first-order valence-electron chi connectivity index (χ1n) is 5.40. The highest BCUT2D eigenvalue weighted by molar-refractivity contribution is 9.10. The fraction of sp³-hybridized carbons (Fsp3) is 0.143. The zero-order valence-corrected chi connectivity index (χ0v) is 11.8. The van der Waals surface area contributed by atoms with Crippen LogP contribution in [0.2, 0.25) is 5.02 Å². The number of para-hydroxylation sites is 1. The molecule has 1 nitrogen and oxygen atoms in total. The largest absolute Gasteiger partial charge is 0.380 e. The number of hydrogen-bond donors (Lipinski definition) is 1. The summed E-state index contributed by atoms with van der Waals surface area (Å²) < 4.78 is 1.14. The highest BCUT2D eigenvalue weighted by Gasteiger charge is 2.00. The Kier molecular flexibility index (Phi) is 4.08. The molecule has 0 bridgehead atoms. The summed E-state index contributed by atoms with van der Waals surface area (Å²) in [5, 5.41) is 4.07. The smallest absolute Gasteiger partial charge is 0.0637 e. The molecule has 0 amide bonds. The van der Waals surface area contributed by atoms with Gasteiger partial charge in [0.1, 0.15) is 0 Å². The molecular formula is C14H13BrClN. The lowest BCUT2D eigenvalue weighted by molar-refractivity contribution is 1.14. The van der Waals surface area contributed by atoms with Crippen LogP contribution in [0.5, 0.6) is 0 Å². The lowest BCUT2D eigenvalue weighted by Gasteiger charge is -2.09. The van der Waals surface area contributed by atoms with Crippen molar-refractivity contribution >= 4 is 33.2 Å². The molecule has 2 rings (SSSR count). The summed E-state index contributed by atoms with van der Waals surface area (Å²) in [4.78, 5) is 0. The van der Waals surface area contributed by atoms with E-state index in [2.05, 4.69) is 46.4 Å². The van der Waals surface area contributed by atoms with E-state index in [9.17, 15) is 0 Å². The van der Waals surface area contributed by atoms with Gasteiger partial charge in [-0.1, -0.05) is 51.8 Å². The van der Waals surface area contributed by atoms with Crippen molar-refractivity contribution in [2.24, 2.45) is 0 Å². The van der Waals surface area contributed by atoms with Gasteiger partial charge in [0.25, 0.3) is 0 Å². The van der Waals surface area contributed by atoms with Gasteiger partial charge >= 0.3 is 0 Å². The Morgan fingerprint density at radius 3 is 2.65 bits per heavy atom. The standard InChI is InChI=1S/C14H13BrClN/c1-10-6-7-11(8-12(10)15)9-17-14-5-3-2-4-13(14)16/h2-8,17H,9H2,1H3. The third-order valence-corrected chi connectivity index (χ3v) is 3.78. The molecular weight excluding hydrogens is 298 g/mol. The molecule has 2 aromatic rings. The van der Waals surface area contributed by atoms with E-state index >= 15 is 0 Å². The van der Waals surface area contributed by atoms with E-state index in [1.165, 1.54) is 11.1 Å². The number of anilines is 1. The number of halogens is 2. The number of hydrogen-bond acceptors (Lipinski definition) is 1. The van der Waals surface area contributed by atoms with E-state index < -0.39 is 0 Å². The summed E-state index contributed by atoms with van der Waals surface area (Å²) in [6.07, 6.45) is 0. The fourth-order valence-corrected chi connectivity index (χ4v) is 2.18. The second kappa shape index (κ2) is 5.56. The van der Waals surface area contributed by atoms with Crippen LogP contribution in [0, 0.1) is 6.92 Å². The van der Waals surface area contributed by atoms with Crippen molar-refractivity contribution < 1.29 is 0 Å². The molecule has 1 N–H and O–H groups in total. The second-order valence-electron chi connectivity index (χ2n) is 3.92. The van der Waals surface area contributed by atoms with Crippen molar-refractivity contribution in [1.29, 1.82) is 0 Å². The van der Waals surface area contributed by atoms with Gasteiger partial charge in [0.05, 0.1) is 10.7 Å². The van der Waals surface area contributed by atoms with Crippen LogP contribution in [-0.2, 0) is 6.54 Å². The Bertz CT molecular complexity index is 525. The van der Waals surface area contributed by atoms with E-state index in [1.54, 1.807) is 0 Å². The summed E-state index contributed by atoms with van der Waals surface area (Å²) in [5.74, 6) is 0. The van der Waals surface area contributed by atoms with Gasteiger partial charge in [-0.3, -0.25) is 0 Å². The van der Waals surface area contributed by atoms with E-state index in [0.29, 0.717) is 0 Å². The lowest BCUT2D eigenvalue weighted by atomic mass is 10.1. The molecule has 17 heavy (non-hydrogen) atoms. The zero-order chi connectivity index (χ0) is 12.3. The van der Waals surface area contributed by atoms with Gasteiger partial charge in [0, 0.05) is 11.0 Å². The summed E-state index contributed by atoms with van der Waals surface area (Å²) in [6, 6.07) is 14.1. The van der Waals surface area contributed by atoms with Gasteiger partial charge in [-0.05, 0) is 36.2 Å². The average Bonchev–Trinajstić information content (AvgIpc) is 2.32. The Balaban J connectivity index is 2.08. The van der Waals surface area contributed by atoms with Crippen molar-refractivity contribution in [3.05, 3.63) is 63.1 Å². The molecule has 0 saturated carbocycles. The maximum absolute atomic E-state index is 6.08. The van der Waals surface area contributed by atoms with E-state index in [-0.39, 0.29) is 0 Å². The topological polar surface area (TPSA) is 12.0 Å². The minimum Gasteiger partial charge on any atom is -0.380 e. The number of aryl methyl sites for hydroxylation is 1. The van der Waals surface area contributed by atoms with Crippen LogP contribution in [0.4, 0.5) is 5.69 Å². The molecule has 0 spiro atoms. The van der Waals surface area contributed by atoms with Crippen molar-refractivity contribution in [3.63, 3.8) is 0 Å². The molecule has 0 unspecified atom stereocenters. The number of rotatable bonds is 3. The first-order chi connectivity index (χ1) is 8.16. The third-order valence-electron chi connectivity index (χ3n) is 2.59. The summed E-state index contributed by atoms with van der Waals surface area (Å²) in [5.41, 5.74) is 3.43. The normalized spacial score (nSPS) is 10.3. The highest BCUT2D eigenvalue weighted by Crippen LogP contribution is 2.22. The molecule has 0 aromatic heterocycles. The van der Waals surface area contributed by atoms with Crippen molar-refractivity contribution in [1.82, 2.24) is 0 Å². The van der Waals surface area contributed by atoms with Crippen LogP contribution in [-0.4, -0.2) is 0 Å². The van der Waals surface area contributed by atoms with E-state index in [0.717, 1.165) is 21.7 Å². The first-order valence-corrected chi connectivity index (χ1v) is 6.57. The molecule has 0 aliphatic heterocycles. The number of nitrogens with one attached hydrogen (secondary N) is 1.